The van der Waals surface area contributed by atoms with Crippen molar-refractivity contribution in [1.29, 1.82) is 0 Å². The van der Waals surface area contributed by atoms with Crippen molar-refractivity contribution in [3.05, 3.63) is 0 Å². The maximum absolute atomic E-state index is 12.1. The van der Waals surface area contributed by atoms with Gasteiger partial charge in [0.1, 0.15) is 6.61 Å². The molecule has 0 bridgehead atoms. The van der Waals surface area contributed by atoms with Crippen LogP contribution in [0, 0.1) is 47.9 Å². The summed E-state index contributed by atoms with van der Waals surface area (Å²) in [7, 11) is -5.30. The standard InChI is InChI=1S/C28H39O8P.2Na/c1-3-5-7-9-11-12-13-14-15-16-17-19-21-23-28(30)36-26(25-35-37(31,32)33)24-34-27(29)22-20-18-10-8-6-4-2;;/h2,26H,3,5,7,9,11-17,19,21,23-25H2,1H3,(H2,31,32,33);;/q;2*+1/p-2/t26-;;/m1../s1. The molecule has 0 radical (unpaired) electrons. The normalized spacial score (nSPS) is 10.3. The van der Waals surface area contributed by atoms with Crippen LogP contribution in [0.1, 0.15) is 96.8 Å². The van der Waals surface area contributed by atoms with Crippen LogP contribution in [0.25, 0.3) is 0 Å². The third kappa shape index (κ3) is 33.4. The number of esters is 2. The predicted molar refractivity (Wildman–Crippen MR) is 137 cm³/mol. The number of phosphoric acid groups is 1. The summed E-state index contributed by atoms with van der Waals surface area (Å²) in [5, 5.41) is 0. The van der Waals surface area contributed by atoms with E-state index in [1.807, 2.05) is 0 Å². The second-order valence-electron chi connectivity index (χ2n) is 8.34. The molecule has 0 spiro atoms. The molecular weight excluding hydrogens is 541 g/mol. The first-order chi connectivity index (χ1) is 17.8. The molecule has 204 valence electrons. The largest absolute Gasteiger partial charge is 1.00 e. The summed E-state index contributed by atoms with van der Waals surface area (Å²) in [6.07, 6.45) is 18.9. The molecule has 0 heterocycles. The van der Waals surface area contributed by atoms with E-state index in [0.717, 1.165) is 19.3 Å². The second kappa shape index (κ2) is 30.3. The third-order valence-electron chi connectivity index (χ3n) is 5.09. The van der Waals surface area contributed by atoms with E-state index in [1.54, 1.807) is 0 Å². The van der Waals surface area contributed by atoms with Crippen molar-refractivity contribution < 1.29 is 97.1 Å². The van der Waals surface area contributed by atoms with Gasteiger partial charge in [-0.15, -0.1) is 6.42 Å². The molecule has 0 aromatic rings. The molecule has 0 N–H and O–H groups in total. The molecule has 0 fully saturated rings. The Labute approximate surface area is 278 Å². The van der Waals surface area contributed by atoms with Gasteiger partial charge in [-0.1, -0.05) is 84.0 Å². The van der Waals surface area contributed by atoms with Crippen LogP contribution in [0.15, 0.2) is 0 Å². The van der Waals surface area contributed by atoms with Crippen molar-refractivity contribution in [1.82, 2.24) is 0 Å². The van der Waals surface area contributed by atoms with Gasteiger partial charge < -0.3 is 28.3 Å². The first kappa shape index (κ1) is 42.8. The van der Waals surface area contributed by atoms with Crippen LogP contribution >= 0.6 is 7.82 Å². The summed E-state index contributed by atoms with van der Waals surface area (Å²) in [4.78, 5) is 45.3. The van der Waals surface area contributed by atoms with Crippen LogP contribution in [-0.2, 0) is 28.2 Å². The number of terminal acetylenes is 1. The molecule has 0 aliphatic carbocycles. The molecule has 1 atom stereocenters. The van der Waals surface area contributed by atoms with E-state index in [4.69, 9.17) is 15.9 Å². The molecule has 0 unspecified atom stereocenters. The fourth-order valence-corrected chi connectivity index (χ4v) is 3.59. The smallest absolute Gasteiger partial charge is 0.790 e. The van der Waals surface area contributed by atoms with Crippen molar-refractivity contribution in [2.24, 2.45) is 0 Å². The topological polar surface area (TPSA) is 125 Å². The van der Waals surface area contributed by atoms with E-state index in [0.29, 0.717) is 6.42 Å². The molecule has 0 saturated carbocycles. The molecule has 11 heteroatoms. The number of carbonyl (C=O) groups is 2. The molecular formula is C28H37Na2O8P. The molecule has 39 heavy (non-hydrogen) atoms. The Bertz CT molecular complexity index is 938. The Morgan fingerprint density at radius 2 is 1.26 bits per heavy atom. The molecule has 0 aliphatic rings. The van der Waals surface area contributed by atoms with Gasteiger partial charge in [-0.05, 0) is 41.9 Å². The summed E-state index contributed by atoms with van der Waals surface area (Å²) < 4.78 is 24.9. The Kier molecular flexibility index (Phi) is 33.2. The van der Waals surface area contributed by atoms with Crippen molar-refractivity contribution >= 4 is 19.8 Å². The fourth-order valence-electron chi connectivity index (χ4n) is 3.24. The van der Waals surface area contributed by atoms with Crippen LogP contribution in [0.3, 0.4) is 0 Å². The zero-order valence-corrected chi connectivity index (χ0v) is 28.6. The SMILES string of the molecule is C#CC#CC#CC#CC(=O)OC[C@H](COP(=O)([O-])[O-])OC(=O)CCCCCCCCCCCCCCC.[Na+].[Na+]. The molecule has 0 aromatic heterocycles. The van der Waals surface area contributed by atoms with E-state index in [1.165, 1.54) is 57.8 Å². The van der Waals surface area contributed by atoms with Crippen molar-refractivity contribution in [3.63, 3.8) is 0 Å². The zero-order valence-electron chi connectivity index (χ0n) is 23.7. The number of carbonyl (C=O) groups excluding carboxylic acids is 2. The van der Waals surface area contributed by atoms with Crippen LogP contribution in [0.5, 0.6) is 0 Å². The summed E-state index contributed by atoms with van der Waals surface area (Å²) in [5.74, 6) is 13.8. The number of rotatable bonds is 20. The van der Waals surface area contributed by atoms with Gasteiger partial charge in [-0.3, -0.25) is 4.79 Å². The van der Waals surface area contributed by atoms with Gasteiger partial charge in [0.2, 0.25) is 0 Å². The van der Waals surface area contributed by atoms with E-state index >= 15 is 0 Å². The quantitative estimate of drug-likeness (QED) is 0.0386. The van der Waals surface area contributed by atoms with Gasteiger partial charge in [0, 0.05) is 12.3 Å². The monoisotopic (exact) mass is 578 g/mol. The minimum Gasteiger partial charge on any atom is -0.790 e. The van der Waals surface area contributed by atoms with E-state index < -0.39 is 39.1 Å². The first-order valence-electron chi connectivity index (χ1n) is 12.8. The molecule has 0 aromatic carbocycles. The fraction of sp³-hybridized carbons (Fsp3) is 0.643. The summed E-state index contributed by atoms with van der Waals surface area (Å²) in [6.45, 7) is 0.914. The summed E-state index contributed by atoms with van der Waals surface area (Å²) >= 11 is 0. The van der Waals surface area contributed by atoms with E-state index in [-0.39, 0.29) is 65.5 Å². The van der Waals surface area contributed by atoms with Gasteiger partial charge in [0.05, 0.1) is 14.4 Å². The zero-order chi connectivity index (χ0) is 27.6. The number of hydrogen-bond donors (Lipinski definition) is 0. The molecule has 0 aliphatic heterocycles. The number of phosphoric ester groups is 1. The average Bonchev–Trinajstić information content (AvgIpc) is 2.85. The second-order valence-corrected chi connectivity index (χ2v) is 9.49. The Morgan fingerprint density at radius 3 is 1.77 bits per heavy atom. The molecule has 8 nitrogen and oxygen atoms in total. The maximum Gasteiger partial charge on any atom is 1.00 e. The van der Waals surface area contributed by atoms with Crippen molar-refractivity contribution in [2.75, 3.05) is 13.2 Å². The molecule has 0 amide bonds. The first-order valence-corrected chi connectivity index (χ1v) is 14.2. The molecule has 0 rings (SSSR count). The van der Waals surface area contributed by atoms with Crippen molar-refractivity contribution in [3.8, 4) is 47.9 Å². The Hall–Kier alpha value is -0.710. The number of unbranched alkanes of at least 4 members (excludes halogenated alkanes) is 12. The van der Waals surface area contributed by atoms with E-state index in [2.05, 4.69) is 52.9 Å². The number of ether oxygens (including phenoxy) is 2. The van der Waals surface area contributed by atoms with Crippen LogP contribution < -0.4 is 68.9 Å². The summed E-state index contributed by atoms with van der Waals surface area (Å²) in [5.41, 5.74) is 0. The maximum atomic E-state index is 12.1. The van der Waals surface area contributed by atoms with Crippen LogP contribution in [0.2, 0.25) is 0 Å². The van der Waals surface area contributed by atoms with Crippen molar-refractivity contribution in [2.45, 2.75) is 103 Å². The Morgan fingerprint density at radius 1 is 0.769 bits per heavy atom. The average molecular weight is 579 g/mol. The minimum absolute atomic E-state index is 0. The van der Waals surface area contributed by atoms with E-state index in [9.17, 15) is 23.9 Å². The van der Waals surface area contributed by atoms with Crippen LogP contribution in [0.4, 0.5) is 0 Å². The van der Waals surface area contributed by atoms with Gasteiger partial charge >= 0.3 is 71.1 Å². The van der Waals surface area contributed by atoms with Crippen LogP contribution in [-0.4, -0.2) is 31.3 Å². The molecule has 0 saturated heterocycles. The Balaban J connectivity index is -0.00000648. The van der Waals surface area contributed by atoms with Gasteiger partial charge in [0.15, 0.2) is 6.10 Å². The van der Waals surface area contributed by atoms with Gasteiger partial charge in [0.25, 0.3) is 0 Å². The van der Waals surface area contributed by atoms with Gasteiger partial charge in [-0.2, -0.15) is 0 Å². The third-order valence-corrected chi connectivity index (χ3v) is 5.55. The minimum atomic E-state index is -5.30. The summed E-state index contributed by atoms with van der Waals surface area (Å²) in [6, 6.07) is 0. The number of hydrogen-bond acceptors (Lipinski definition) is 8. The predicted octanol–water partition coefficient (Wildman–Crippen LogP) is -2.58. The van der Waals surface area contributed by atoms with Gasteiger partial charge in [-0.25, -0.2) is 4.79 Å².